The Hall–Kier alpha value is -5.16. The second kappa shape index (κ2) is 25.7. The Morgan fingerprint density at radius 1 is 0.818 bits per heavy atom. The van der Waals surface area contributed by atoms with Crippen LogP contribution in [0, 0.1) is 23.7 Å². The lowest BCUT2D eigenvalue weighted by Crippen LogP contribution is -2.60. The number of nitrogens with one attached hydrogen (secondary N) is 1. The number of carboxylic acids is 1. The lowest BCUT2D eigenvalue weighted by Gasteiger charge is -2.43. The molecule has 0 spiro atoms. The Labute approximate surface area is 391 Å². The average Bonchev–Trinajstić information content (AvgIpc) is 3.89. The number of hydrogen-bond acceptors (Lipinski definition) is 10. The molecule has 7 amide bonds. The molecule has 0 aliphatic carbocycles. The van der Waals surface area contributed by atoms with Crippen LogP contribution in [0.25, 0.3) is 0 Å². The number of carbonyl (C=O) groups excluding carboxylic acids is 7. The third kappa shape index (κ3) is 13.9. The standard InChI is InChI=1S/C49H76N6O11/c1-13-32(6)44(37(65-11)29-41(59)54-27-19-22-36(54)45(66-12)33(7)46(60)50-35(49(63)64)28-34-20-15-14-16-21-34)53(10)48(62)43(31(4)5)52(9)47(61)42(30(2)3)51(8)38(56)23-17-18-26-55-39(57)24-25-40(55)58/h14-16,20-21,24-25,30-33,35-37,42-45H,13,17-19,22-23,26-29H2,1-12H3,(H,50,60)(H,63,64)/t32-,33+,35-,36-,37+,42?,43-,44-,45+/m0/s1. The van der Waals surface area contributed by atoms with Gasteiger partial charge in [0, 0.05) is 73.4 Å². The number of hydrogen-bond donors (Lipinski definition) is 2. The fraction of sp³-hybridized carbons (Fsp3) is 0.673. The van der Waals surface area contributed by atoms with Gasteiger partial charge in [0.25, 0.3) is 11.8 Å². The van der Waals surface area contributed by atoms with Gasteiger partial charge in [-0.3, -0.25) is 38.5 Å². The molecule has 17 heteroatoms. The molecule has 1 saturated heterocycles. The van der Waals surface area contributed by atoms with Gasteiger partial charge in [-0.1, -0.05) is 85.2 Å². The molecule has 2 aliphatic rings. The van der Waals surface area contributed by atoms with Crippen LogP contribution >= 0.6 is 0 Å². The van der Waals surface area contributed by atoms with E-state index in [1.165, 1.54) is 36.2 Å². The number of imide groups is 1. The van der Waals surface area contributed by atoms with Gasteiger partial charge in [-0.2, -0.15) is 0 Å². The van der Waals surface area contributed by atoms with Crippen molar-refractivity contribution in [2.24, 2.45) is 23.7 Å². The smallest absolute Gasteiger partial charge is 0.326 e. The summed E-state index contributed by atoms with van der Waals surface area (Å²) < 4.78 is 12.0. The van der Waals surface area contributed by atoms with Gasteiger partial charge in [-0.15, -0.1) is 0 Å². The predicted molar refractivity (Wildman–Crippen MR) is 248 cm³/mol. The van der Waals surface area contributed by atoms with Gasteiger partial charge in [-0.25, -0.2) is 4.79 Å². The van der Waals surface area contributed by atoms with Crippen LogP contribution in [0.5, 0.6) is 0 Å². The monoisotopic (exact) mass is 925 g/mol. The van der Waals surface area contributed by atoms with Crippen molar-refractivity contribution in [1.82, 2.24) is 29.8 Å². The molecule has 0 aromatic heterocycles. The molecule has 1 aromatic rings. The number of aliphatic carboxylic acids is 1. The zero-order valence-electron chi connectivity index (χ0n) is 41.2. The summed E-state index contributed by atoms with van der Waals surface area (Å²) in [6.45, 7) is 13.6. The Balaban J connectivity index is 1.76. The molecule has 3 rings (SSSR count). The Morgan fingerprint density at radius 2 is 1.39 bits per heavy atom. The van der Waals surface area contributed by atoms with Crippen molar-refractivity contribution >= 4 is 47.3 Å². The molecule has 1 unspecified atom stereocenters. The van der Waals surface area contributed by atoms with Crippen LogP contribution < -0.4 is 5.32 Å². The van der Waals surface area contributed by atoms with E-state index in [2.05, 4.69) is 5.32 Å². The fourth-order valence-electron chi connectivity index (χ4n) is 9.54. The van der Waals surface area contributed by atoms with Gasteiger partial charge in [0.15, 0.2) is 0 Å². The highest BCUT2D eigenvalue weighted by molar-refractivity contribution is 6.12. The normalized spacial score (nSPS) is 18.7. The van der Waals surface area contributed by atoms with E-state index in [0.29, 0.717) is 38.6 Å². The molecule has 368 valence electrons. The van der Waals surface area contributed by atoms with E-state index in [1.54, 1.807) is 62.1 Å². The summed E-state index contributed by atoms with van der Waals surface area (Å²) in [5, 5.41) is 12.6. The summed E-state index contributed by atoms with van der Waals surface area (Å²) in [7, 11) is 7.80. The minimum Gasteiger partial charge on any atom is -0.480 e. The molecule has 66 heavy (non-hydrogen) atoms. The number of nitrogens with zero attached hydrogens (tertiary/aromatic N) is 5. The maximum absolute atomic E-state index is 14.8. The number of benzene rings is 1. The second-order valence-corrected chi connectivity index (χ2v) is 18.6. The molecule has 2 N–H and O–H groups in total. The first kappa shape index (κ1) is 55.2. The number of likely N-dealkylation sites (N-methyl/N-ethyl adjacent to an activating group) is 3. The van der Waals surface area contributed by atoms with Crippen molar-refractivity contribution in [3.05, 3.63) is 48.0 Å². The maximum Gasteiger partial charge on any atom is 0.326 e. The van der Waals surface area contributed by atoms with Crippen molar-refractivity contribution in [2.45, 2.75) is 142 Å². The highest BCUT2D eigenvalue weighted by Crippen LogP contribution is 2.30. The van der Waals surface area contributed by atoms with E-state index in [-0.39, 0.29) is 73.1 Å². The van der Waals surface area contributed by atoms with E-state index in [0.717, 1.165) is 10.5 Å². The Morgan fingerprint density at radius 3 is 1.92 bits per heavy atom. The summed E-state index contributed by atoms with van der Waals surface area (Å²) in [5.74, 6) is -5.27. The zero-order valence-corrected chi connectivity index (χ0v) is 41.2. The molecule has 0 bridgehead atoms. The van der Waals surface area contributed by atoms with Gasteiger partial charge in [-0.05, 0) is 49.0 Å². The molecule has 17 nitrogen and oxygen atoms in total. The van der Waals surface area contributed by atoms with Crippen molar-refractivity contribution in [3.63, 3.8) is 0 Å². The highest BCUT2D eigenvalue weighted by atomic mass is 16.5. The van der Waals surface area contributed by atoms with E-state index in [4.69, 9.17) is 9.47 Å². The molecule has 1 fully saturated rings. The third-order valence-corrected chi connectivity index (χ3v) is 13.4. The van der Waals surface area contributed by atoms with E-state index in [1.807, 2.05) is 47.6 Å². The van der Waals surface area contributed by atoms with Crippen LogP contribution in [-0.2, 0) is 54.3 Å². The Bertz CT molecular complexity index is 1860. The number of rotatable bonds is 26. The van der Waals surface area contributed by atoms with Crippen LogP contribution in [0.4, 0.5) is 0 Å². The van der Waals surface area contributed by atoms with Gasteiger partial charge >= 0.3 is 5.97 Å². The molecule has 0 radical (unpaired) electrons. The predicted octanol–water partition coefficient (Wildman–Crippen LogP) is 3.78. The quantitative estimate of drug-likeness (QED) is 0.101. The SMILES string of the molecule is CC[C@H](C)[C@@H]([C@@H](CC(=O)N1CCC[C@H]1[C@H](OC)[C@@H](C)C(=O)N[C@@H](Cc1ccccc1)C(=O)O)OC)N(C)C(=O)[C@H](C(C)C)N(C)C(=O)C(C(C)C)N(C)C(=O)CCCCN1C(=O)C=CC1=O. The van der Waals surface area contributed by atoms with Crippen molar-refractivity contribution < 1.29 is 52.9 Å². The molecular weight excluding hydrogens is 849 g/mol. The summed E-state index contributed by atoms with van der Waals surface area (Å²) in [5.41, 5.74) is 0.762. The number of unbranched alkanes of at least 4 members (excludes halogenated alkanes) is 1. The lowest BCUT2D eigenvalue weighted by molar-refractivity contribution is -0.156. The first-order valence-electron chi connectivity index (χ1n) is 23.4. The van der Waals surface area contributed by atoms with E-state index < -0.39 is 66.1 Å². The minimum absolute atomic E-state index is 0.0835. The van der Waals surface area contributed by atoms with Gasteiger partial charge in [0.1, 0.15) is 18.1 Å². The van der Waals surface area contributed by atoms with Crippen molar-refractivity contribution in [1.29, 1.82) is 0 Å². The largest absolute Gasteiger partial charge is 0.480 e. The minimum atomic E-state index is -1.16. The first-order valence-corrected chi connectivity index (χ1v) is 23.4. The van der Waals surface area contributed by atoms with Crippen LogP contribution in [0.1, 0.15) is 99.0 Å². The Kier molecular flexibility index (Phi) is 21.5. The molecule has 0 saturated carbocycles. The number of carbonyl (C=O) groups is 8. The number of ether oxygens (including phenoxy) is 2. The summed E-state index contributed by atoms with van der Waals surface area (Å²) in [6.07, 6.45) is 3.77. The molecule has 2 aliphatic heterocycles. The number of carboxylic acid groups (broad SMARTS) is 1. The lowest BCUT2D eigenvalue weighted by atomic mass is 9.89. The van der Waals surface area contributed by atoms with Crippen LogP contribution in [0.3, 0.4) is 0 Å². The van der Waals surface area contributed by atoms with Gasteiger partial charge in [0.2, 0.25) is 29.5 Å². The molecular formula is C49H76N6O11. The van der Waals surface area contributed by atoms with Gasteiger partial charge < -0.3 is 39.5 Å². The third-order valence-electron chi connectivity index (χ3n) is 13.4. The molecule has 1 aromatic carbocycles. The number of likely N-dealkylation sites (tertiary alicyclic amines) is 1. The summed E-state index contributed by atoms with van der Waals surface area (Å²) in [4.78, 5) is 114. The summed E-state index contributed by atoms with van der Waals surface area (Å²) >= 11 is 0. The number of methoxy groups -OCH3 is 2. The topological polar surface area (TPSA) is 203 Å². The summed E-state index contributed by atoms with van der Waals surface area (Å²) in [6, 6.07) is 4.99. The van der Waals surface area contributed by atoms with Crippen LogP contribution in [0.15, 0.2) is 42.5 Å². The highest BCUT2D eigenvalue weighted by Gasteiger charge is 2.45. The van der Waals surface area contributed by atoms with Gasteiger partial charge in [0.05, 0.1) is 36.6 Å². The number of amides is 7. The van der Waals surface area contributed by atoms with Crippen molar-refractivity contribution in [2.75, 3.05) is 48.5 Å². The first-order chi connectivity index (χ1) is 31.1. The van der Waals surface area contributed by atoms with Crippen molar-refractivity contribution in [3.8, 4) is 0 Å². The van der Waals surface area contributed by atoms with Crippen LogP contribution in [0.2, 0.25) is 0 Å². The van der Waals surface area contributed by atoms with E-state index in [9.17, 15) is 43.5 Å². The fourth-order valence-corrected chi connectivity index (χ4v) is 9.54. The molecule has 2 heterocycles. The molecule has 9 atom stereocenters. The second-order valence-electron chi connectivity index (χ2n) is 18.6. The van der Waals surface area contributed by atoms with E-state index >= 15 is 0 Å². The average molecular weight is 925 g/mol. The van der Waals surface area contributed by atoms with Crippen LogP contribution in [-0.4, -0.2) is 168 Å². The maximum atomic E-state index is 14.8. The zero-order chi connectivity index (χ0) is 49.6.